The Labute approximate surface area is 99.1 Å². The van der Waals surface area contributed by atoms with Gasteiger partial charge < -0.3 is 5.32 Å². The number of rotatable bonds is 3. The molecule has 0 bridgehead atoms. The summed E-state index contributed by atoms with van der Waals surface area (Å²) in [5.74, 6) is 0.128. The smallest absolute Gasteiger partial charge is 0.228 e. The van der Waals surface area contributed by atoms with Gasteiger partial charge in [-0.2, -0.15) is 5.10 Å². The summed E-state index contributed by atoms with van der Waals surface area (Å²) in [6.45, 7) is 0.536. The molecule has 0 saturated carbocycles. The molecular formula is C13H13N3O. The molecule has 0 spiro atoms. The third-order valence-electron chi connectivity index (χ3n) is 3.19. The number of aromatic amines is 1. The van der Waals surface area contributed by atoms with E-state index in [4.69, 9.17) is 0 Å². The van der Waals surface area contributed by atoms with Gasteiger partial charge in [0, 0.05) is 18.3 Å². The molecule has 1 aromatic carbocycles. The Balaban J connectivity index is 1.62. The Morgan fingerprint density at radius 3 is 3.12 bits per heavy atom. The topological polar surface area (TPSA) is 57.8 Å². The largest absolute Gasteiger partial charge is 0.351 e. The molecule has 0 aliphatic heterocycles. The van der Waals surface area contributed by atoms with Crippen molar-refractivity contribution < 1.29 is 4.79 Å². The van der Waals surface area contributed by atoms with Gasteiger partial charge in [-0.1, -0.05) is 24.3 Å². The number of carbonyl (C=O) groups excluding carboxylic acids is 1. The number of amides is 1. The van der Waals surface area contributed by atoms with Crippen LogP contribution in [-0.4, -0.2) is 16.1 Å². The van der Waals surface area contributed by atoms with E-state index in [0.29, 0.717) is 6.54 Å². The fourth-order valence-corrected chi connectivity index (χ4v) is 2.18. The van der Waals surface area contributed by atoms with Crippen LogP contribution in [0.3, 0.4) is 0 Å². The van der Waals surface area contributed by atoms with Gasteiger partial charge in [-0.05, 0) is 17.5 Å². The first-order valence-electron chi connectivity index (χ1n) is 5.68. The highest BCUT2D eigenvalue weighted by atomic mass is 16.1. The van der Waals surface area contributed by atoms with Crippen molar-refractivity contribution in [3.05, 3.63) is 53.3 Å². The molecule has 17 heavy (non-hydrogen) atoms. The van der Waals surface area contributed by atoms with E-state index in [0.717, 1.165) is 17.5 Å². The molecule has 3 rings (SSSR count). The maximum absolute atomic E-state index is 11.9. The minimum absolute atomic E-state index is 0.0260. The van der Waals surface area contributed by atoms with Gasteiger partial charge in [0.2, 0.25) is 5.91 Å². The maximum Gasteiger partial charge on any atom is 0.228 e. The van der Waals surface area contributed by atoms with E-state index in [-0.39, 0.29) is 11.8 Å². The summed E-state index contributed by atoms with van der Waals surface area (Å²) < 4.78 is 0. The molecule has 1 atom stereocenters. The highest BCUT2D eigenvalue weighted by molar-refractivity contribution is 5.86. The molecule has 4 heteroatoms. The van der Waals surface area contributed by atoms with Crippen molar-refractivity contribution >= 4 is 5.91 Å². The molecule has 4 nitrogen and oxygen atoms in total. The molecule has 0 radical (unpaired) electrons. The second-order valence-corrected chi connectivity index (χ2v) is 4.28. The summed E-state index contributed by atoms with van der Waals surface area (Å²) >= 11 is 0. The Bertz CT molecular complexity index is 533. The molecule has 1 aliphatic rings. The van der Waals surface area contributed by atoms with Gasteiger partial charge in [0.1, 0.15) is 0 Å². The van der Waals surface area contributed by atoms with Crippen LogP contribution in [0, 0.1) is 0 Å². The summed E-state index contributed by atoms with van der Waals surface area (Å²) in [4.78, 5) is 11.9. The van der Waals surface area contributed by atoms with Crippen molar-refractivity contribution in [2.24, 2.45) is 0 Å². The summed E-state index contributed by atoms with van der Waals surface area (Å²) in [6, 6.07) is 8.10. The Kier molecular flexibility index (Phi) is 2.40. The van der Waals surface area contributed by atoms with E-state index in [1.165, 1.54) is 5.56 Å². The van der Waals surface area contributed by atoms with Crippen molar-refractivity contribution in [3.8, 4) is 0 Å². The zero-order valence-electron chi connectivity index (χ0n) is 9.31. The first kappa shape index (κ1) is 10.1. The molecule has 1 heterocycles. The monoisotopic (exact) mass is 227 g/mol. The van der Waals surface area contributed by atoms with Gasteiger partial charge in [-0.15, -0.1) is 0 Å². The average molecular weight is 227 g/mol. The van der Waals surface area contributed by atoms with E-state index < -0.39 is 0 Å². The Hall–Kier alpha value is -2.10. The first-order valence-corrected chi connectivity index (χ1v) is 5.68. The predicted molar refractivity (Wildman–Crippen MR) is 63.3 cm³/mol. The Morgan fingerprint density at radius 2 is 2.35 bits per heavy atom. The number of fused-ring (bicyclic) bond motifs is 1. The van der Waals surface area contributed by atoms with Gasteiger partial charge in [-0.3, -0.25) is 9.89 Å². The van der Waals surface area contributed by atoms with Crippen LogP contribution in [0.4, 0.5) is 0 Å². The lowest BCUT2D eigenvalue weighted by molar-refractivity contribution is -0.123. The number of nitrogens with zero attached hydrogens (tertiary/aromatic N) is 1. The quantitative estimate of drug-likeness (QED) is 0.832. The predicted octanol–water partition coefficient (Wildman–Crippen LogP) is 1.37. The molecule has 1 aliphatic carbocycles. The van der Waals surface area contributed by atoms with E-state index >= 15 is 0 Å². The Morgan fingerprint density at radius 1 is 1.47 bits per heavy atom. The van der Waals surface area contributed by atoms with Crippen LogP contribution >= 0.6 is 0 Å². The van der Waals surface area contributed by atoms with Gasteiger partial charge in [-0.25, -0.2) is 0 Å². The fraction of sp³-hybridized carbons (Fsp3) is 0.231. The first-order chi connectivity index (χ1) is 8.34. The molecule has 1 aromatic heterocycles. The van der Waals surface area contributed by atoms with Gasteiger partial charge in [0.05, 0.1) is 12.1 Å². The van der Waals surface area contributed by atoms with E-state index in [1.807, 2.05) is 18.2 Å². The summed E-state index contributed by atoms with van der Waals surface area (Å²) in [6.07, 6.45) is 4.36. The van der Waals surface area contributed by atoms with E-state index in [2.05, 4.69) is 21.6 Å². The van der Waals surface area contributed by atoms with Gasteiger partial charge in [0.25, 0.3) is 0 Å². The lowest BCUT2D eigenvalue weighted by atomic mass is 9.77. The average Bonchev–Trinajstić information content (AvgIpc) is 2.81. The van der Waals surface area contributed by atoms with Crippen LogP contribution in [0.1, 0.15) is 22.6 Å². The van der Waals surface area contributed by atoms with Crippen LogP contribution in [-0.2, 0) is 17.8 Å². The standard InChI is InChI=1S/C13H13N3O/c17-13(14-6-9-7-15-16-8-9)12-5-10-3-1-2-4-11(10)12/h1-4,7-8,12H,5-6H2,(H,14,17)(H,15,16). The molecule has 1 unspecified atom stereocenters. The van der Waals surface area contributed by atoms with Crippen LogP contribution in [0.15, 0.2) is 36.7 Å². The minimum atomic E-state index is 0.0260. The van der Waals surface area contributed by atoms with Crippen LogP contribution in [0.5, 0.6) is 0 Å². The number of benzene rings is 1. The summed E-state index contributed by atoms with van der Waals surface area (Å²) in [5.41, 5.74) is 3.44. The SMILES string of the molecule is O=C(NCc1cn[nH]c1)C1Cc2ccccc21. The highest BCUT2D eigenvalue weighted by Gasteiger charge is 2.31. The van der Waals surface area contributed by atoms with Crippen molar-refractivity contribution in [3.63, 3.8) is 0 Å². The number of carbonyl (C=O) groups is 1. The lowest BCUT2D eigenvalue weighted by Crippen LogP contribution is -2.34. The number of aromatic nitrogens is 2. The normalized spacial score (nSPS) is 17.1. The zero-order chi connectivity index (χ0) is 11.7. The second kappa shape index (κ2) is 4.05. The van der Waals surface area contributed by atoms with Gasteiger partial charge >= 0.3 is 0 Å². The fourth-order valence-electron chi connectivity index (χ4n) is 2.18. The molecule has 86 valence electrons. The van der Waals surface area contributed by atoms with Crippen molar-refractivity contribution in [1.29, 1.82) is 0 Å². The molecule has 2 aromatic rings. The highest BCUT2D eigenvalue weighted by Crippen LogP contribution is 2.34. The summed E-state index contributed by atoms with van der Waals surface area (Å²) in [5, 5.41) is 9.49. The molecule has 2 N–H and O–H groups in total. The number of hydrogen-bond acceptors (Lipinski definition) is 2. The van der Waals surface area contributed by atoms with Gasteiger partial charge in [0.15, 0.2) is 0 Å². The van der Waals surface area contributed by atoms with E-state index in [9.17, 15) is 4.79 Å². The van der Waals surface area contributed by atoms with Crippen LogP contribution < -0.4 is 5.32 Å². The van der Waals surface area contributed by atoms with Crippen LogP contribution in [0.25, 0.3) is 0 Å². The molecular weight excluding hydrogens is 214 g/mol. The third-order valence-corrected chi connectivity index (χ3v) is 3.19. The van der Waals surface area contributed by atoms with E-state index in [1.54, 1.807) is 12.4 Å². The number of hydrogen-bond donors (Lipinski definition) is 2. The molecule has 0 fully saturated rings. The van der Waals surface area contributed by atoms with Crippen molar-refractivity contribution in [1.82, 2.24) is 15.5 Å². The molecule has 0 saturated heterocycles. The van der Waals surface area contributed by atoms with Crippen LogP contribution in [0.2, 0.25) is 0 Å². The minimum Gasteiger partial charge on any atom is -0.351 e. The number of nitrogens with one attached hydrogen (secondary N) is 2. The summed E-state index contributed by atoms with van der Waals surface area (Å²) in [7, 11) is 0. The lowest BCUT2D eigenvalue weighted by Gasteiger charge is -2.28. The third kappa shape index (κ3) is 1.82. The molecule has 1 amide bonds. The van der Waals surface area contributed by atoms with Crippen molar-refractivity contribution in [2.45, 2.75) is 18.9 Å². The number of H-pyrrole nitrogens is 1. The maximum atomic E-state index is 11.9. The second-order valence-electron chi connectivity index (χ2n) is 4.28. The van der Waals surface area contributed by atoms with Crippen molar-refractivity contribution in [2.75, 3.05) is 0 Å². The zero-order valence-corrected chi connectivity index (χ0v) is 9.31.